The Morgan fingerprint density at radius 1 is 1.56 bits per heavy atom. The number of aryl methyl sites for hydroxylation is 1. The second-order valence-corrected chi connectivity index (χ2v) is 4.48. The summed E-state index contributed by atoms with van der Waals surface area (Å²) in [6.07, 6.45) is 3.44. The maximum Gasteiger partial charge on any atom is 0.308 e. The van der Waals surface area contributed by atoms with E-state index in [1.54, 1.807) is 19.4 Å². The Balaban J connectivity index is 2.33. The van der Waals surface area contributed by atoms with Crippen molar-refractivity contribution in [2.24, 2.45) is 13.0 Å². The third-order valence-corrected chi connectivity index (χ3v) is 2.95. The fourth-order valence-corrected chi connectivity index (χ4v) is 1.90. The zero-order valence-electron chi connectivity index (χ0n) is 10.7. The van der Waals surface area contributed by atoms with Gasteiger partial charge in [-0.3, -0.25) is 4.79 Å². The number of carboxylic acids is 1. The highest BCUT2D eigenvalue weighted by Crippen LogP contribution is 2.22. The van der Waals surface area contributed by atoms with Crippen LogP contribution in [0.5, 0.6) is 0 Å². The molecular formula is C12H16N4O2. The van der Waals surface area contributed by atoms with Crippen LogP contribution in [0.3, 0.4) is 0 Å². The Kier molecular flexibility index (Phi) is 3.18. The van der Waals surface area contributed by atoms with Crippen molar-refractivity contribution in [3.05, 3.63) is 18.6 Å². The van der Waals surface area contributed by atoms with E-state index < -0.39 is 11.9 Å². The van der Waals surface area contributed by atoms with Crippen molar-refractivity contribution in [2.45, 2.75) is 6.92 Å². The molecule has 18 heavy (non-hydrogen) atoms. The molecule has 0 fully saturated rings. The summed E-state index contributed by atoms with van der Waals surface area (Å²) in [7, 11) is 3.74. The number of pyridine rings is 1. The van der Waals surface area contributed by atoms with Gasteiger partial charge in [0.05, 0.1) is 17.8 Å². The molecule has 0 saturated heterocycles. The van der Waals surface area contributed by atoms with Gasteiger partial charge in [-0.15, -0.1) is 0 Å². The predicted molar refractivity (Wildman–Crippen MR) is 68.6 cm³/mol. The molecule has 0 aromatic carbocycles. The number of nitrogens with zero attached hydrogens (tertiary/aromatic N) is 4. The number of carbonyl (C=O) groups is 1. The summed E-state index contributed by atoms with van der Waals surface area (Å²) in [6.45, 7) is 2.08. The minimum atomic E-state index is -0.810. The molecule has 0 spiro atoms. The number of carboxylic acid groups (broad SMARTS) is 1. The molecule has 2 heterocycles. The Morgan fingerprint density at radius 2 is 2.28 bits per heavy atom. The van der Waals surface area contributed by atoms with Crippen LogP contribution in [0.2, 0.25) is 0 Å². The quantitative estimate of drug-likeness (QED) is 0.878. The van der Waals surface area contributed by atoms with Crippen LogP contribution in [-0.2, 0) is 11.8 Å². The molecule has 0 aliphatic heterocycles. The highest BCUT2D eigenvalue weighted by molar-refractivity contribution is 5.86. The summed E-state index contributed by atoms with van der Waals surface area (Å²) in [6, 6.07) is 1.89. The van der Waals surface area contributed by atoms with E-state index >= 15 is 0 Å². The molecule has 0 aliphatic rings. The molecule has 0 radical (unpaired) electrons. The first-order valence-corrected chi connectivity index (χ1v) is 5.70. The van der Waals surface area contributed by atoms with Crippen LogP contribution >= 0.6 is 0 Å². The molecule has 96 valence electrons. The van der Waals surface area contributed by atoms with E-state index in [-0.39, 0.29) is 0 Å². The lowest BCUT2D eigenvalue weighted by molar-refractivity contribution is -0.140. The van der Waals surface area contributed by atoms with Gasteiger partial charge >= 0.3 is 5.97 Å². The van der Waals surface area contributed by atoms with Crippen molar-refractivity contribution in [1.82, 2.24) is 14.5 Å². The molecular weight excluding hydrogens is 232 g/mol. The monoisotopic (exact) mass is 248 g/mol. The van der Waals surface area contributed by atoms with Crippen LogP contribution < -0.4 is 4.90 Å². The largest absolute Gasteiger partial charge is 0.481 e. The van der Waals surface area contributed by atoms with Crippen LogP contribution in [0.15, 0.2) is 18.6 Å². The van der Waals surface area contributed by atoms with E-state index in [0.29, 0.717) is 12.4 Å². The van der Waals surface area contributed by atoms with Crippen LogP contribution in [0.4, 0.5) is 5.82 Å². The summed E-state index contributed by atoms with van der Waals surface area (Å²) >= 11 is 0. The Morgan fingerprint density at radius 3 is 2.94 bits per heavy atom. The molecule has 0 bridgehead atoms. The Labute approximate surface area is 105 Å². The van der Waals surface area contributed by atoms with Crippen molar-refractivity contribution < 1.29 is 9.90 Å². The van der Waals surface area contributed by atoms with Crippen LogP contribution in [0.25, 0.3) is 11.0 Å². The topological polar surface area (TPSA) is 71.2 Å². The van der Waals surface area contributed by atoms with Gasteiger partial charge in [0.15, 0.2) is 5.82 Å². The number of rotatable bonds is 4. The lowest BCUT2D eigenvalue weighted by atomic mass is 10.2. The van der Waals surface area contributed by atoms with Crippen molar-refractivity contribution in [2.75, 3.05) is 18.5 Å². The number of imidazole rings is 1. The molecule has 2 rings (SSSR count). The molecule has 2 aromatic rings. The van der Waals surface area contributed by atoms with E-state index in [4.69, 9.17) is 5.11 Å². The van der Waals surface area contributed by atoms with Gasteiger partial charge in [-0.1, -0.05) is 6.92 Å². The molecule has 0 amide bonds. The smallest absolute Gasteiger partial charge is 0.308 e. The molecule has 1 N–H and O–H groups in total. The van der Waals surface area contributed by atoms with Gasteiger partial charge in [-0.05, 0) is 6.07 Å². The van der Waals surface area contributed by atoms with Gasteiger partial charge in [0.1, 0.15) is 5.52 Å². The van der Waals surface area contributed by atoms with Gasteiger partial charge in [-0.2, -0.15) is 0 Å². The van der Waals surface area contributed by atoms with Crippen LogP contribution in [-0.4, -0.2) is 39.2 Å². The summed E-state index contributed by atoms with van der Waals surface area (Å²) in [5.74, 6) is -0.549. The van der Waals surface area contributed by atoms with Gasteiger partial charge in [0.2, 0.25) is 0 Å². The molecule has 0 aliphatic carbocycles. The average Bonchev–Trinajstić information content (AvgIpc) is 2.71. The SMILES string of the molecule is CC(CN(C)c1nccc2c1ncn2C)C(=O)O. The number of fused-ring (bicyclic) bond motifs is 1. The average molecular weight is 248 g/mol. The van der Waals surface area contributed by atoms with Crippen LogP contribution in [0.1, 0.15) is 6.92 Å². The molecule has 6 nitrogen and oxygen atoms in total. The van der Waals surface area contributed by atoms with E-state index in [2.05, 4.69) is 9.97 Å². The molecule has 1 atom stereocenters. The number of hydrogen-bond donors (Lipinski definition) is 1. The second-order valence-electron chi connectivity index (χ2n) is 4.48. The zero-order valence-corrected chi connectivity index (χ0v) is 10.7. The highest BCUT2D eigenvalue weighted by Gasteiger charge is 2.17. The Hall–Kier alpha value is -2.11. The van der Waals surface area contributed by atoms with Crippen LogP contribution in [0, 0.1) is 5.92 Å². The molecule has 1 unspecified atom stereocenters. The van der Waals surface area contributed by atoms with Crippen molar-refractivity contribution in [3.63, 3.8) is 0 Å². The molecule has 2 aromatic heterocycles. The predicted octanol–water partition coefficient (Wildman–Crippen LogP) is 1.13. The third-order valence-electron chi connectivity index (χ3n) is 2.95. The van der Waals surface area contributed by atoms with E-state index in [1.807, 2.05) is 29.6 Å². The Bertz CT molecular complexity index is 578. The lowest BCUT2D eigenvalue weighted by Gasteiger charge is -2.20. The third kappa shape index (κ3) is 2.13. The van der Waals surface area contributed by atoms with Gasteiger partial charge in [0.25, 0.3) is 0 Å². The number of aliphatic carboxylic acids is 1. The van der Waals surface area contributed by atoms with Gasteiger partial charge < -0.3 is 14.6 Å². The highest BCUT2D eigenvalue weighted by atomic mass is 16.4. The maximum absolute atomic E-state index is 10.9. The number of anilines is 1. The van der Waals surface area contributed by atoms with Gasteiger partial charge in [0, 0.05) is 26.8 Å². The maximum atomic E-state index is 10.9. The van der Waals surface area contributed by atoms with E-state index in [1.165, 1.54) is 0 Å². The zero-order chi connectivity index (χ0) is 13.3. The summed E-state index contributed by atoms with van der Waals surface area (Å²) < 4.78 is 1.91. The van der Waals surface area contributed by atoms with Gasteiger partial charge in [-0.25, -0.2) is 9.97 Å². The molecule has 6 heteroatoms. The van der Waals surface area contributed by atoms with Crippen molar-refractivity contribution in [1.29, 1.82) is 0 Å². The first-order chi connectivity index (χ1) is 8.50. The summed E-state index contributed by atoms with van der Waals surface area (Å²) in [5, 5.41) is 8.93. The van der Waals surface area contributed by atoms with Crippen molar-refractivity contribution >= 4 is 22.8 Å². The standard InChI is InChI=1S/C12H16N4O2/c1-8(12(17)18)6-15(2)11-10-9(4-5-13-11)16(3)7-14-10/h4-5,7-8H,6H2,1-3H3,(H,17,18). The minimum Gasteiger partial charge on any atom is -0.481 e. The first-order valence-electron chi connectivity index (χ1n) is 5.70. The second kappa shape index (κ2) is 4.64. The summed E-state index contributed by atoms with van der Waals surface area (Å²) in [4.78, 5) is 21.3. The molecule has 0 saturated carbocycles. The first kappa shape index (κ1) is 12.3. The lowest BCUT2D eigenvalue weighted by Crippen LogP contribution is -2.29. The number of aromatic nitrogens is 3. The van der Waals surface area contributed by atoms with E-state index in [0.717, 1.165) is 11.0 Å². The van der Waals surface area contributed by atoms with E-state index in [9.17, 15) is 4.79 Å². The number of hydrogen-bond acceptors (Lipinski definition) is 4. The summed E-state index contributed by atoms with van der Waals surface area (Å²) in [5.41, 5.74) is 1.77. The fourth-order valence-electron chi connectivity index (χ4n) is 1.90. The van der Waals surface area contributed by atoms with Crippen molar-refractivity contribution in [3.8, 4) is 0 Å². The fraction of sp³-hybridized carbons (Fsp3) is 0.417. The minimum absolute atomic E-state index is 0.401. The normalized spacial score (nSPS) is 12.6.